The molecule has 94 valence electrons. The lowest BCUT2D eigenvalue weighted by molar-refractivity contribution is -0.139. The van der Waals surface area contributed by atoms with Gasteiger partial charge in [-0.05, 0) is 12.1 Å². The van der Waals surface area contributed by atoms with E-state index in [0.29, 0.717) is 0 Å². The number of esters is 1. The number of carbonyl (C=O) groups is 2. The first-order valence-electron chi connectivity index (χ1n) is 5.17. The fraction of sp³-hybridized carbons (Fsp3) is 0.455. The van der Waals surface area contributed by atoms with Crippen molar-refractivity contribution in [2.24, 2.45) is 0 Å². The van der Waals surface area contributed by atoms with Crippen molar-refractivity contribution in [3.8, 4) is 0 Å². The molecule has 0 aliphatic heterocycles. The number of aryl methyl sites for hydroxylation is 1. The molecule has 17 heavy (non-hydrogen) atoms. The molecule has 5 nitrogen and oxygen atoms in total. The number of alkyl halides is 1. The average Bonchev–Trinajstić information content (AvgIpc) is 2.83. The van der Waals surface area contributed by atoms with Crippen LogP contribution in [-0.4, -0.2) is 29.5 Å². The average molecular weight is 351 g/mol. The summed E-state index contributed by atoms with van der Waals surface area (Å²) in [5.74, 6) is 0.333. The van der Waals surface area contributed by atoms with Gasteiger partial charge in [-0.2, -0.15) is 0 Å². The van der Waals surface area contributed by atoms with E-state index in [-0.39, 0.29) is 24.2 Å². The molecule has 1 heterocycles. The van der Waals surface area contributed by atoms with E-state index in [1.165, 1.54) is 7.11 Å². The van der Waals surface area contributed by atoms with Crippen molar-refractivity contribution in [3.05, 3.63) is 23.7 Å². The molecule has 0 aliphatic carbocycles. The van der Waals surface area contributed by atoms with Crippen molar-refractivity contribution in [2.75, 3.05) is 13.7 Å². The quantitative estimate of drug-likeness (QED) is 0.497. The molecule has 1 unspecified atom stereocenters. The van der Waals surface area contributed by atoms with Crippen molar-refractivity contribution in [1.82, 2.24) is 5.32 Å². The Bertz CT molecular complexity index is 402. The molecule has 0 aromatic carbocycles. The maximum absolute atomic E-state index is 11.6. The number of furan rings is 1. The van der Waals surface area contributed by atoms with Crippen LogP contribution in [0.15, 0.2) is 16.5 Å². The minimum atomic E-state index is -0.401. The fourth-order valence-electron chi connectivity index (χ4n) is 1.17. The summed E-state index contributed by atoms with van der Waals surface area (Å²) in [5.41, 5.74) is 0. The fourth-order valence-corrected chi connectivity index (χ4v) is 1.65. The molecular formula is C11H14INO4. The monoisotopic (exact) mass is 351 g/mol. The molecule has 0 aliphatic rings. The zero-order valence-electron chi connectivity index (χ0n) is 9.66. The van der Waals surface area contributed by atoms with E-state index >= 15 is 0 Å². The minimum Gasteiger partial charge on any atom is -0.468 e. The van der Waals surface area contributed by atoms with Crippen LogP contribution in [-0.2, 0) is 16.0 Å². The molecule has 6 heteroatoms. The van der Waals surface area contributed by atoms with Crippen LogP contribution in [0.1, 0.15) is 23.2 Å². The highest BCUT2D eigenvalue weighted by atomic mass is 127. The highest BCUT2D eigenvalue weighted by molar-refractivity contribution is 14.1. The summed E-state index contributed by atoms with van der Waals surface area (Å²) in [6.07, 6.45) is 0.740. The van der Waals surface area contributed by atoms with Crippen LogP contribution in [0.5, 0.6) is 0 Å². The Labute approximate surface area is 113 Å². The number of hydrogen-bond donors (Lipinski definition) is 1. The third-order valence-electron chi connectivity index (χ3n) is 2.13. The van der Waals surface area contributed by atoms with Crippen LogP contribution in [0.25, 0.3) is 0 Å². The maximum Gasteiger partial charge on any atom is 0.320 e. The van der Waals surface area contributed by atoms with Crippen LogP contribution in [0.4, 0.5) is 0 Å². The first-order valence-corrected chi connectivity index (χ1v) is 6.41. The topological polar surface area (TPSA) is 68.5 Å². The van der Waals surface area contributed by atoms with Gasteiger partial charge in [-0.25, -0.2) is 0 Å². The van der Waals surface area contributed by atoms with Gasteiger partial charge >= 0.3 is 5.97 Å². The SMILES string of the molecule is CCc1ccc(C(=O)NCC(I)C(=O)OC)o1. The summed E-state index contributed by atoms with van der Waals surface area (Å²) >= 11 is 1.91. The maximum atomic E-state index is 11.6. The van der Waals surface area contributed by atoms with Crippen molar-refractivity contribution in [2.45, 2.75) is 17.3 Å². The molecule has 1 amide bonds. The molecular weight excluding hydrogens is 337 g/mol. The van der Waals surface area contributed by atoms with Crippen molar-refractivity contribution in [3.63, 3.8) is 0 Å². The highest BCUT2D eigenvalue weighted by Gasteiger charge is 2.17. The Kier molecular flexibility index (Phi) is 5.46. The number of nitrogens with one attached hydrogen (secondary N) is 1. The summed E-state index contributed by atoms with van der Waals surface area (Å²) in [6, 6.07) is 3.38. The van der Waals surface area contributed by atoms with Gasteiger partial charge in [-0.1, -0.05) is 29.5 Å². The molecule has 1 rings (SSSR count). The van der Waals surface area contributed by atoms with Gasteiger partial charge in [0, 0.05) is 13.0 Å². The summed E-state index contributed by atoms with van der Waals surface area (Å²) in [5, 5.41) is 2.61. The van der Waals surface area contributed by atoms with Crippen LogP contribution in [0.3, 0.4) is 0 Å². The van der Waals surface area contributed by atoms with Gasteiger partial charge in [0.05, 0.1) is 7.11 Å². The minimum absolute atomic E-state index is 0.216. The van der Waals surface area contributed by atoms with Crippen molar-refractivity contribution in [1.29, 1.82) is 0 Å². The molecule has 0 fully saturated rings. The predicted octanol–water partition coefficient (Wildman–Crippen LogP) is 1.55. The van der Waals surface area contributed by atoms with E-state index in [1.54, 1.807) is 12.1 Å². The van der Waals surface area contributed by atoms with Gasteiger partial charge < -0.3 is 14.5 Å². The van der Waals surface area contributed by atoms with Gasteiger partial charge in [0.15, 0.2) is 5.76 Å². The number of carbonyl (C=O) groups excluding carboxylic acids is 2. The van der Waals surface area contributed by atoms with Gasteiger partial charge in [0.25, 0.3) is 5.91 Å². The lowest BCUT2D eigenvalue weighted by atomic mass is 10.3. The van der Waals surface area contributed by atoms with Gasteiger partial charge in [0.2, 0.25) is 0 Å². The Morgan fingerprint density at radius 2 is 2.24 bits per heavy atom. The number of ether oxygens (including phenoxy) is 1. The largest absolute Gasteiger partial charge is 0.468 e. The Balaban J connectivity index is 2.47. The van der Waals surface area contributed by atoms with Gasteiger partial charge in [-0.15, -0.1) is 0 Å². The van der Waals surface area contributed by atoms with E-state index in [9.17, 15) is 9.59 Å². The number of halogens is 1. The summed E-state index contributed by atoms with van der Waals surface area (Å²) in [7, 11) is 1.32. The molecule has 1 N–H and O–H groups in total. The van der Waals surface area contributed by atoms with Gasteiger partial charge in [0.1, 0.15) is 9.68 Å². The number of rotatable bonds is 5. The van der Waals surface area contributed by atoms with Gasteiger partial charge in [-0.3, -0.25) is 9.59 Å². The van der Waals surface area contributed by atoms with E-state index < -0.39 is 3.92 Å². The zero-order valence-corrected chi connectivity index (χ0v) is 11.8. The Hall–Kier alpha value is -1.05. The molecule has 0 saturated carbocycles. The normalized spacial score (nSPS) is 11.9. The molecule has 0 bridgehead atoms. The number of methoxy groups -OCH3 is 1. The smallest absolute Gasteiger partial charge is 0.320 e. The lowest BCUT2D eigenvalue weighted by Crippen LogP contribution is -2.33. The van der Waals surface area contributed by atoms with Crippen molar-refractivity contribution >= 4 is 34.5 Å². The Morgan fingerprint density at radius 3 is 2.76 bits per heavy atom. The Morgan fingerprint density at radius 1 is 1.53 bits per heavy atom. The summed E-state index contributed by atoms with van der Waals surface area (Å²) in [6.45, 7) is 2.16. The van der Waals surface area contributed by atoms with Crippen LogP contribution in [0, 0.1) is 0 Å². The standard InChI is InChI=1S/C11H14INO4/c1-3-7-4-5-9(17-7)10(14)13-6-8(12)11(15)16-2/h4-5,8H,3,6H2,1-2H3,(H,13,14). The second-order valence-corrected chi connectivity index (χ2v) is 4.82. The highest BCUT2D eigenvalue weighted by Crippen LogP contribution is 2.08. The molecule has 0 radical (unpaired) electrons. The number of amides is 1. The van der Waals surface area contributed by atoms with Crippen LogP contribution >= 0.6 is 22.6 Å². The van der Waals surface area contributed by atoms with Crippen LogP contribution < -0.4 is 5.32 Å². The van der Waals surface area contributed by atoms with E-state index in [0.717, 1.165) is 12.2 Å². The summed E-state index contributed by atoms with van der Waals surface area (Å²) in [4.78, 5) is 22.7. The lowest BCUT2D eigenvalue weighted by Gasteiger charge is -2.07. The first-order chi connectivity index (χ1) is 8.08. The molecule has 0 spiro atoms. The third kappa shape index (κ3) is 4.03. The first kappa shape index (κ1) is 14.0. The zero-order chi connectivity index (χ0) is 12.8. The van der Waals surface area contributed by atoms with E-state index in [1.807, 2.05) is 29.5 Å². The summed E-state index contributed by atoms with van der Waals surface area (Å²) < 4.78 is 9.43. The molecule has 1 atom stereocenters. The van der Waals surface area contributed by atoms with E-state index in [2.05, 4.69) is 10.1 Å². The molecule has 1 aromatic heterocycles. The van der Waals surface area contributed by atoms with E-state index in [4.69, 9.17) is 4.42 Å². The second kappa shape index (κ2) is 6.63. The van der Waals surface area contributed by atoms with Crippen LogP contribution in [0.2, 0.25) is 0 Å². The predicted molar refractivity (Wildman–Crippen MR) is 70.2 cm³/mol. The third-order valence-corrected chi connectivity index (χ3v) is 3.08. The second-order valence-electron chi connectivity index (χ2n) is 3.32. The van der Waals surface area contributed by atoms with Crippen molar-refractivity contribution < 1.29 is 18.7 Å². The molecule has 1 aromatic rings. The number of hydrogen-bond acceptors (Lipinski definition) is 4. The molecule has 0 saturated heterocycles.